The summed E-state index contributed by atoms with van der Waals surface area (Å²) in [5.74, 6) is -0.519. The van der Waals surface area contributed by atoms with Crippen molar-refractivity contribution in [1.29, 1.82) is 5.26 Å². The summed E-state index contributed by atoms with van der Waals surface area (Å²) >= 11 is 3.40. The first-order valence-electron chi connectivity index (χ1n) is 5.33. The SMILES string of the molecule is Cc1cc(Br)cc(Nc2cccc(F)c2C#N)c1. The fraction of sp³-hybridized carbons (Fsp3) is 0.0714. The Morgan fingerprint density at radius 1 is 1.28 bits per heavy atom. The van der Waals surface area contributed by atoms with Crippen LogP contribution in [0.25, 0.3) is 0 Å². The number of hydrogen-bond donors (Lipinski definition) is 1. The van der Waals surface area contributed by atoms with Crippen molar-refractivity contribution in [3.63, 3.8) is 0 Å². The molecule has 2 aromatic rings. The minimum Gasteiger partial charge on any atom is -0.354 e. The minimum atomic E-state index is -0.519. The molecule has 0 saturated heterocycles. The second kappa shape index (κ2) is 5.19. The zero-order valence-electron chi connectivity index (χ0n) is 9.67. The molecule has 0 heterocycles. The molecule has 0 aliphatic rings. The number of benzene rings is 2. The molecule has 0 aliphatic heterocycles. The fourth-order valence-corrected chi connectivity index (χ4v) is 2.31. The van der Waals surface area contributed by atoms with E-state index in [4.69, 9.17) is 5.26 Å². The second-order valence-electron chi connectivity index (χ2n) is 3.92. The third-order valence-corrected chi connectivity index (χ3v) is 2.90. The van der Waals surface area contributed by atoms with E-state index in [1.807, 2.05) is 31.2 Å². The van der Waals surface area contributed by atoms with Gasteiger partial charge in [0, 0.05) is 10.2 Å². The van der Waals surface area contributed by atoms with Gasteiger partial charge < -0.3 is 5.32 Å². The summed E-state index contributed by atoms with van der Waals surface area (Å²) in [6.07, 6.45) is 0. The Bertz CT molecular complexity index is 612. The van der Waals surface area contributed by atoms with Crippen LogP contribution in [0.2, 0.25) is 0 Å². The van der Waals surface area contributed by atoms with Crippen molar-refractivity contribution in [3.05, 3.63) is 57.8 Å². The molecule has 0 spiro atoms. The van der Waals surface area contributed by atoms with E-state index in [0.717, 1.165) is 15.7 Å². The standard InChI is InChI=1S/C14H10BrFN2/c1-9-5-10(15)7-11(6-9)18-14-4-2-3-13(16)12(14)8-17/h2-7,18H,1H3. The van der Waals surface area contributed by atoms with Crippen LogP contribution in [0.15, 0.2) is 40.9 Å². The number of aryl methyl sites for hydroxylation is 1. The molecule has 0 saturated carbocycles. The van der Waals surface area contributed by atoms with Gasteiger partial charge in [-0.05, 0) is 42.8 Å². The van der Waals surface area contributed by atoms with Gasteiger partial charge >= 0.3 is 0 Å². The van der Waals surface area contributed by atoms with Crippen LogP contribution >= 0.6 is 15.9 Å². The van der Waals surface area contributed by atoms with Crippen LogP contribution in [0.1, 0.15) is 11.1 Å². The maximum Gasteiger partial charge on any atom is 0.143 e. The van der Waals surface area contributed by atoms with Crippen molar-refractivity contribution in [2.45, 2.75) is 6.92 Å². The van der Waals surface area contributed by atoms with Crippen molar-refractivity contribution in [3.8, 4) is 6.07 Å². The Kier molecular flexibility index (Phi) is 3.63. The average Bonchev–Trinajstić information content (AvgIpc) is 2.27. The summed E-state index contributed by atoms with van der Waals surface area (Å²) in [6.45, 7) is 1.97. The highest BCUT2D eigenvalue weighted by Gasteiger charge is 2.08. The van der Waals surface area contributed by atoms with Gasteiger partial charge in [0.15, 0.2) is 0 Å². The average molecular weight is 305 g/mol. The Hall–Kier alpha value is -1.86. The highest BCUT2D eigenvalue weighted by Crippen LogP contribution is 2.25. The Morgan fingerprint density at radius 2 is 2.06 bits per heavy atom. The molecule has 2 rings (SSSR count). The molecule has 4 heteroatoms. The molecule has 0 fully saturated rings. The van der Waals surface area contributed by atoms with Gasteiger partial charge in [0.1, 0.15) is 17.4 Å². The predicted octanol–water partition coefficient (Wildman–Crippen LogP) is 4.51. The van der Waals surface area contributed by atoms with Gasteiger partial charge in [-0.15, -0.1) is 0 Å². The third kappa shape index (κ3) is 2.69. The number of nitriles is 1. The van der Waals surface area contributed by atoms with Crippen molar-refractivity contribution >= 4 is 27.3 Å². The molecule has 0 bridgehead atoms. The summed E-state index contributed by atoms with van der Waals surface area (Å²) < 4.78 is 14.4. The van der Waals surface area contributed by atoms with Crippen LogP contribution in [0.5, 0.6) is 0 Å². The molecule has 2 nitrogen and oxygen atoms in total. The molecule has 0 atom stereocenters. The largest absolute Gasteiger partial charge is 0.354 e. The van der Waals surface area contributed by atoms with Gasteiger partial charge in [0.25, 0.3) is 0 Å². The predicted molar refractivity (Wildman–Crippen MR) is 73.3 cm³/mol. The maximum absolute atomic E-state index is 13.4. The van der Waals surface area contributed by atoms with Crippen LogP contribution in [-0.2, 0) is 0 Å². The van der Waals surface area contributed by atoms with Crippen molar-refractivity contribution < 1.29 is 4.39 Å². The van der Waals surface area contributed by atoms with Crippen molar-refractivity contribution in [1.82, 2.24) is 0 Å². The number of hydrogen-bond acceptors (Lipinski definition) is 2. The molecule has 0 radical (unpaired) electrons. The first-order chi connectivity index (χ1) is 8.60. The summed E-state index contributed by atoms with van der Waals surface area (Å²) in [4.78, 5) is 0. The van der Waals surface area contributed by atoms with E-state index in [0.29, 0.717) is 5.69 Å². The zero-order valence-corrected chi connectivity index (χ0v) is 11.3. The normalized spacial score (nSPS) is 9.89. The monoisotopic (exact) mass is 304 g/mol. The number of anilines is 2. The minimum absolute atomic E-state index is 0.0233. The summed E-state index contributed by atoms with van der Waals surface area (Å²) in [5, 5.41) is 12.0. The Labute approximate surface area is 113 Å². The lowest BCUT2D eigenvalue weighted by Gasteiger charge is -2.10. The molecule has 0 amide bonds. The lowest BCUT2D eigenvalue weighted by molar-refractivity contribution is 0.624. The third-order valence-electron chi connectivity index (χ3n) is 2.45. The first kappa shape index (κ1) is 12.6. The highest BCUT2D eigenvalue weighted by molar-refractivity contribution is 9.10. The Balaban J connectivity index is 2.40. The van der Waals surface area contributed by atoms with Crippen molar-refractivity contribution in [2.24, 2.45) is 0 Å². The zero-order chi connectivity index (χ0) is 13.1. The van der Waals surface area contributed by atoms with Gasteiger partial charge in [-0.2, -0.15) is 5.26 Å². The molecule has 0 aliphatic carbocycles. The van der Waals surface area contributed by atoms with E-state index in [1.165, 1.54) is 6.07 Å². The number of nitrogens with one attached hydrogen (secondary N) is 1. The van der Waals surface area contributed by atoms with Crippen LogP contribution in [0, 0.1) is 24.1 Å². The first-order valence-corrected chi connectivity index (χ1v) is 6.12. The van der Waals surface area contributed by atoms with E-state index in [9.17, 15) is 4.39 Å². The maximum atomic E-state index is 13.4. The molecule has 0 aromatic heterocycles. The second-order valence-corrected chi connectivity index (χ2v) is 4.83. The van der Waals surface area contributed by atoms with E-state index in [-0.39, 0.29) is 5.56 Å². The molecule has 2 aromatic carbocycles. The summed E-state index contributed by atoms with van der Waals surface area (Å²) in [6, 6.07) is 12.2. The fourth-order valence-electron chi connectivity index (χ4n) is 1.71. The van der Waals surface area contributed by atoms with E-state index < -0.39 is 5.82 Å². The summed E-state index contributed by atoms with van der Waals surface area (Å²) in [7, 11) is 0. The highest BCUT2D eigenvalue weighted by atomic mass is 79.9. The quantitative estimate of drug-likeness (QED) is 0.886. The topological polar surface area (TPSA) is 35.8 Å². The summed E-state index contributed by atoms with van der Waals surface area (Å²) in [5.41, 5.74) is 2.37. The molecule has 18 heavy (non-hydrogen) atoms. The van der Waals surface area contributed by atoms with Crippen LogP contribution in [0.3, 0.4) is 0 Å². The van der Waals surface area contributed by atoms with Gasteiger partial charge in [0.2, 0.25) is 0 Å². The van der Waals surface area contributed by atoms with E-state index in [1.54, 1.807) is 12.1 Å². The van der Waals surface area contributed by atoms with Gasteiger partial charge in [-0.3, -0.25) is 0 Å². The van der Waals surface area contributed by atoms with Crippen LogP contribution in [-0.4, -0.2) is 0 Å². The van der Waals surface area contributed by atoms with Gasteiger partial charge in [-0.1, -0.05) is 22.0 Å². The molecular weight excluding hydrogens is 295 g/mol. The lowest BCUT2D eigenvalue weighted by Crippen LogP contribution is -1.96. The van der Waals surface area contributed by atoms with Gasteiger partial charge in [0.05, 0.1) is 5.69 Å². The van der Waals surface area contributed by atoms with Gasteiger partial charge in [-0.25, -0.2) is 4.39 Å². The van der Waals surface area contributed by atoms with E-state index >= 15 is 0 Å². The molecular formula is C14H10BrFN2. The van der Waals surface area contributed by atoms with Crippen molar-refractivity contribution in [2.75, 3.05) is 5.32 Å². The smallest absolute Gasteiger partial charge is 0.143 e. The van der Waals surface area contributed by atoms with Crippen LogP contribution < -0.4 is 5.32 Å². The molecule has 1 N–H and O–H groups in total. The Morgan fingerprint density at radius 3 is 2.72 bits per heavy atom. The number of rotatable bonds is 2. The lowest BCUT2D eigenvalue weighted by atomic mass is 10.1. The van der Waals surface area contributed by atoms with Crippen LogP contribution in [0.4, 0.5) is 15.8 Å². The van der Waals surface area contributed by atoms with E-state index in [2.05, 4.69) is 21.2 Å². The number of nitrogens with zero attached hydrogens (tertiary/aromatic N) is 1. The molecule has 0 unspecified atom stereocenters. The number of halogens is 2. The molecule has 90 valence electrons.